The molecule has 2 rings (SSSR count). The van der Waals surface area contributed by atoms with Crippen LogP contribution in [0.15, 0.2) is 18.2 Å². The molecule has 136 valence electrons. The zero-order valence-electron chi connectivity index (χ0n) is 15.5. The number of rotatable bonds is 9. The fourth-order valence-electron chi connectivity index (χ4n) is 4.22. The molecule has 2 heteroatoms. The lowest BCUT2D eigenvalue weighted by atomic mass is 9.80. The maximum absolute atomic E-state index is 2.46. The molecule has 0 saturated heterocycles. The van der Waals surface area contributed by atoms with E-state index in [1.807, 2.05) is 0 Å². The average molecular weight is 552 g/mol. The molecule has 0 aliphatic heterocycles. The fourth-order valence-corrected chi connectivity index (χ4v) is 5.14. The Balaban J connectivity index is 1.71. The highest BCUT2D eigenvalue weighted by molar-refractivity contribution is 14.1. The molecule has 0 bridgehead atoms. The predicted octanol–water partition coefficient (Wildman–Crippen LogP) is 8.24. The van der Waals surface area contributed by atoms with Crippen LogP contribution in [-0.4, -0.2) is 0 Å². The van der Waals surface area contributed by atoms with Crippen molar-refractivity contribution in [3.05, 3.63) is 30.9 Å². The second-order valence-electron chi connectivity index (χ2n) is 8.00. The molecule has 0 nitrogen and oxygen atoms in total. The predicted molar refractivity (Wildman–Crippen MR) is 124 cm³/mol. The molecule has 1 aromatic carbocycles. The Morgan fingerprint density at radius 3 is 2.42 bits per heavy atom. The van der Waals surface area contributed by atoms with Crippen LogP contribution in [0, 0.1) is 24.9 Å². The quantitative estimate of drug-likeness (QED) is 0.271. The zero-order valence-corrected chi connectivity index (χ0v) is 19.8. The minimum absolute atomic E-state index is 0.939. The molecule has 1 aliphatic carbocycles. The minimum atomic E-state index is 0.939. The molecule has 0 heterocycles. The van der Waals surface area contributed by atoms with Crippen LogP contribution in [0.5, 0.6) is 0 Å². The Bertz CT molecular complexity index is 475. The molecule has 0 aromatic heterocycles. The van der Waals surface area contributed by atoms with Gasteiger partial charge in [0, 0.05) is 7.14 Å². The van der Waals surface area contributed by atoms with E-state index in [1.54, 1.807) is 0 Å². The van der Waals surface area contributed by atoms with Gasteiger partial charge in [-0.15, -0.1) is 0 Å². The molecule has 0 spiro atoms. The zero-order chi connectivity index (χ0) is 17.4. The van der Waals surface area contributed by atoms with Crippen molar-refractivity contribution < 1.29 is 0 Å². The van der Waals surface area contributed by atoms with Crippen molar-refractivity contribution in [3.63, 3.8) is 0 Å². The Morgan fingerprint density at radius 2 is 1.75 bits per heavy atom. The molecule has 1 aliphatic rings. The first-order valence-electron chi connectivity index (χ1n) is 10.0. The van der Waals surface area contributed by atoms with Gasteiger partial charge in [-0.05, 0) is 93.5 Å². The monoisotopic (exact) mass is 552 g/mol. The first-order valence-corrected chi connectivity index (χ1v) is 12.2. The summed E-state index contributed by atoms with van der Waals surface area (Å²) >= 11 is 4.89. The summed E-state index contributed by atoms with van der Waals surface area (Å²) in [5, 5.41) is 0. The molecule has 1 saturated carbocycles. The van der Waals surface area contributed by atoms with Crippen LogP contribution >= 0.6 is 45.2 Å². The standard InChI is InChI=1S/C22H34I2/c1-3-5-18(6-4-7-19-10-8-17(2)9-11-19)12-13-20-14-15-21(23)22(24)16-20/h14-19H,3-13H2,1-2H3. The molecular weight excluding hydrogens is 518 g/mol. The van der Waals surface area contributed by atoms with E-state index in [2.05, 4.69) is 77.2 Å². The van der Waals surface area contributed by atoms with Gasteiger partial charge in [0.1, 0.15) is 0 Å². The van der Waals surface area contributed by atoms with Crippen molar-refractivity contribution in [1.82, 2.24) is 0 Å². The van der Waals surface area contributed by atoms with E-state index in [4.69, 9.17) is 0 Å². The molecule has 1 fully saturated rings. The lowest BCUT2D eigenvalue weighted by Gasteiger charge is -2.26. The van der Waals surface area contributed by atoms with Crippen LogP contribution in [0.4, 0.5) is 0 Å². The van der Waals surface area contributed by atoms with Crippen LogP contribution in [0.3, 0.4) is 0 Å². The lowest BCUT2D eigenvalue weighted by Crippen LogP contribution is -2.12. The first-order chi connectivity index (χ1) is 11.6. The third-order valence-corrected chi connectivity index (χ3v) is 8.75. The van der Waals surface area contributed by atoms with E-state index in [1.165, 1.54) is 83.3 Å². The Morgan fingerprint density at radius 1 is 1.00 bits per heavy atom. The van der Waals surface area contributed by atoms with Gasteiger partial charge in [0.25, 0.3) is 0 Å². The number of benzene rings is 1. The smallest absolute Gasteiger partial charge is 0.0266 e. The summed E-state index contributed by atoms with van der Waals surface area (Å²) in [4.78, 5) is 0. The number of halogens is 2. The van der Waals surface area contributed by atoms with Gasteiger partial charge in [0.2, 0.25) is 0 Å². The van der Waals surface area contributed by atoms with Crippen molar-refractivity contribution in [2.24, 2.45) is 17.8 Å². The summed E-state index contributed by atoms with van der Waals surface area (Å²) in [7, 11) is 0. The number of aryl methyl sites for hydroxylation is 1. The van der Waals surface area contributed by atoms with Gasteiger partial charge in [-0.25, -0.2) is 0 Å². The third-order valence-electron chi connectivity index (χ3n) is 5.88. The van der Waals surface area contributed by atoms with Crippen LogP contribution < -0.4 is 0 Å². The summed E-state index contributed by atoms with van der Waals surface area (Å²) in [6.07, 6.45) is 15.8. The van der Waals surface area contributed by atoms with Gasteiger partial charge >= 0.3 is 0 Å². The minimum Gasteiger partial charge on any atom is -0.0654 e. The summed E-state index contributed by atoms with van der Waals surface area (Å²) in [6.45, 7) is 4.78. The molecule has 1 aromatic rings. The third kappa shape index (κ3) is 7.51. The van der Waals surface area contributed by atoms with E-state index in [9.17, 15) is 0 Å². The van der Waals surface area contributed by atoms with Crippen molar-refractivity contribution in [3.8, 4) is 0 Å². The van der Waals surface area contributed by atoms with Crippen molar-refractivity contribution in [2.75, 3.05) is 0 Å². The normalized spacial score (nSPS) is 22.5. The Hall–Kier alpha value is 0.680. The Labute approximate surface area is 177 Å². The highest BCUT2D eigenvalue weighted by Crippen LogP contribution is 2.32. The molecule has 0 radical (unpaired) electrons. The topological polar surface area (TPSA) is 0 Å². The highest BCUT2D eigenvalue weighted by Gasteiger charge is 2.18. The summed E-state index contributed by atoms with van der Waals surface area (Å²) in [6, 6.07) is 6.99. The molecule has 1 unspecified atom stereocenters. The van der Waals surface area contributed by atoms with Gasteiger partial charge in [0.05, 0.1) is 0 Å². The Kier molecular flexibility index (Phi) is 9.97. The van der Waals surface area contributed by atoms with Gasteiger partial charge in [-0.3, -0.25) is 0 Å². The molecule has 24 heavy (non-hydrogen) atoms. The van der Waals surface area contributed by atoms with Gasteiger partial charge in [0.15, 0.2) is 0 Å². The van der Waals surface area contributed by atoms with E-state index >= 15 is 0 Å². The van der Waals surface area contributed by atoms with Crippen LogP contribution in [0.2, 0.25) is 0 Å². The van der Waals surface area contributed by atoms with E-state index < -0.39 is 0 Å². The van der Waals surface area contributed by atoms with Crippen molar-refractivity contribution in [2.45, 2.75) is 84.5 Å². The van der Waals surface area contributed by atoms with Crippen molar-refractivity contribution >= 4 is 45.2 Å². The SMILES string of the molecule is CCCC(CCCC1CCC(C)CC1)CCc1ccc(I)c(I)c1. The summed E-state index contributed by atoms with van der Waals surface area (Å²) in [5.41, 5.74) is 1.53. The van der Waals surface area contributed by atoms with E-state index in [0.29, 0.717) is 0 Å². The maximum Gasteiger partial charge on any atom is 0.0266 e. The highest BCUT2D eigenvalue weighted by atomic mass is 127. The van der Waals surface area contributed by atoms with Crippen LogP contribution in [0.1, 0.15) is 83.6 Å². The average Bonchev–Trinajstić information content (AvgIpc) is 2.57. The van der Waals surface area contributed by atoms with E-state index in [-0.39, 0.29) is 0 Å². The molecule has 0 N–H and O–H groups in total. The second kappa shape index (κ2) is 11.4. The molecule has 1 atom stereocenters. The van der Waals surface area contributed by atoms with Crippen molar-refractivity contribution in [1.29, 1.82) is 0 Å². The number of hydrogen-bond donors (Lipinski definition) is 0. The van der Waals surface area contributed by atoms with Crippen LogP contribution in [-0.2, 0) is 6.42 Å². The number of hydrogen-bond acceptors (Lipinski definition) is 0. The molecule has 0 amide bonds. The first kappa shape index (κ1) is 21.0. The van der Waals surface area contributed by atoms with Crippen LogP contribution in [0.25, 0.3) is 0 Å². The maximum atomic E-state index is 2.46. The largest absolute Gasteiger partial charge is 0.0654 e. The van der Waals surface area contributed by atoms with E-state index in [0.717, 1.165) is 17.8 Å². The summed E-state index contributed by atoms with van der Waals surface area (Å²) < 4.78 is 2.79. The second-order valence-corrected chi connectivity index (χ2v) is 10.3. The molecular formula is C22H34I2. The van der Waals surface area contributed by atoms with Gasteiger partial charge < -0.3 is 0 Å². The summed E-state index contributed by atoms with van der Waals surface area (Å²) in [5.74, 6) is 2.97. The fraction of sp³-hybridized carbons (Fsp3) is 0.727. The van der Waals surface area contributed by atoms with Gasteiger partial charge in [-0.1, -0.05) is 77.7 Å². The van der Waals surface area contributed by atoms with Gasteiger partial charge in [-0.2, -0.15) is 0 Å². The lowest BCUT2D eigenvalue weighted by molar-refractivity contribution is 0.264.